The third-order valence-corrected chi connectivity index (χ3v) is 4.86. The number of carbonyl (C=O) groups is 1. The van der Waals surface area contributed by atoms with Gasteiger partial charge in [-0.2, -0.15) is 0 Å². The predicted octanol–water partition coefficient (Wildman–Crippen LogP) is 1.69. The molecule has 0 radical (unpaired) electrons. The van der Waals surface area contributed by atoms with Crippen LogP contribution in [0, 0.1) is 0 Å². The molecule has 0 spiro atoms. The van der Waals surface area contributed by atoms with E-state index in [4.69, 9.17) is 5.11 Å². The van der Waals surface area contributed by atoms with E-state index in [1.165, 1.54) is 11.2 Å². The molecule has 0 aromatic carbocycles. The first-order chi connectivity index (χ1) is 7.87. The molecule has 0 heterocycles. The Morgan fingerprint density at radius 2 is 1.59 bits per heavy atom. The molecule has 0 aliphatic rings. The van der Waals surface area contributed by atoms with E-state index in [0.717, 1.165) is 25.7 Å². The van der Waals surface area contributed by atoms with Crippen molar-refractivity contribution in [3.63, 3.8) is 0 Å². The molecular formula is C11H23NO4S. The van der Waals surface area contributed by atoms with Gasteiger partial charge in [0.15, 0.2) is 5.25 Å². The lowest BCUT2D eigenvalue weighted by molar-refractivity contribution is -0.136. The fourth-order valence-corrected chi connectivity index (χ4v) is 2.86. The van der Waals surface area contributed by atoms with Gasteiger partial charge in [-0.05, 0) is 19.8 Å². The lowest BCUT2D eigenvalue weighted by Gasteiger charge is -2.23. The summed E-state index contributed by atoms with van der Waals surface area (Å²) in [5.41, 5.74) is 0. The second-order valence-corrected chi connectivity index (χ2v) is 6.39. The Bertz CT molecular complexity index is 318. The first-order valence-corrected chi connectivity index (χ1v) is 7.60. The minimum atomic E-state index is -3.71. The molecule has 0 amide bonds. The van der Waals surface area contributed by atoms with Crippen molar-refractivity contribution in [3.05, 3.63) is 0 Å². The molecule has 0 aliphatic carbocycles. The minimum absolute atomic E-state index is 0.413. The van der Waals surface area contributed by atoms with Crippen LogP contribution in [-0.4, -0.2) is 42.1 Å². The van der Waals surface area contributed by atoms with Gasteiger partial charge < -0.3 is 5.11 Å². The van der Waals surface area contributed by atoms with Crippen LogP contribution in [-0.2, 0) is 14.8 Å². The molecule has 0 fully saturated rings. The van der Waals surface area contributed by atoms with E-state index < -0.39 is 21.2 Å². The van der Waals surface area contributed by atoms with E-state index in [2.05, 4.69) is 0 Å². The maximum atomic E-state index is 12.0. The van der Waals surface area contributed by atoms with Gasteiger partial charge in [0.2, 0.25) is 10.0 Å². The third-order valence-electron chi connectivity index (χ3n) is 2.68. The average molecular weight is 265 g/mol. The molecule has 0 rings (SSSR count). The summed E-state index contributed by atoms with van der Waals surface area (Å²) in [6.07, 6.45) is 3.30. The second kappa shape index (κ2) is 7.66. The van der Waals surface area contributed by atoms with E-state index in [1.807, 2.05) is 13.8 Å². The summed E-state index contributed by atoms with van der Waals surface area (Å²) in [6, 6.07) is 0. The number of carboxylic acid groups (broad SMARTS) is 1. The molecule has 1 N–H and O–H groups in total. The first kappa shape index (κ1) is 16.4. The molecule has 0 aromatic heterocycles. The van der Waals surface area contributed by atoms with Gasteiger partial charge in [0.1, 0.15) is 0 Å². The van der Waals surface area contributed by atoms with E-state index in [0.29, 0.717) is 13.1 Å². The maximum absolute atomic E-state index is 12.0. The van der Waals surface area contributed by atoms with E-state index >= 15 is 0 Å². The van der Waals surface area contributed by atoms with Crippen molar-refractivity contribution in [3.8, 4) is 0 Å². The number of nitrogens with zero attached hydrogens (tertiary/aromatic N) is 1. The lowest BCUT2D eigenvalue weighted by Crippen LogP contribution is -2.42. The molecule has 0 saturated heterocycles. The third kappa shape index (κ3) is 5.04. The van der Waals surface area contributed by atoms with Crippen LogP contribution in [0.1, 0.15) is 46.5 Å². The number of hydrogen-bond acceptors (Lipinski definition) is 3. The maximum Gasteiger partial charge on any atom is 0.323 e. The van der Waals surface area contributed by atoms with Crippen molar-refractivity contribution in [1.82, 2.24) is 4.31 Å². The Morgan fingerprint density at radius 3 is 1.88 bits per heavy atom. The molecule has 6 heteroatoms. The van der Waals surface area contributed by atoms with Crippen LogP contribution in [0.4, 0.5) is 0 Å². The zero-order valence-electron chi connectivity index (χ0n) is 10.8. The summed E-state index contributed by atoms with van der Waals surface area (Å²) in [5, 5.41) is 7.45. The summed E-state index contributed by atoms with van der Waals surface area (Å²) >= 11 is 0. The van der Waals surface area contributed by atoms with E-state index in [1.54, 1.807) is 0 Å². The van der Waals surface area contributed by atoms with E-state index in [9.17, 15) is 13.2 Å². The van der Waals surface area contributed by atoms with Gasteiger partial charge in [0.05, 0.1) is 0 Å². The van der Waals surface area contributed by atoms with Crippen LogP contribution in [0.5, 0.6) is 0 Å². The number of unbranched alkanes of at least 4 members (excludes halogenated alkanes) is 2. The highest BCUT2D eigenvalue weighted by molar-refractivity contribution is 7.90. The molecule has 0 aromatic rings. The van der Waals surface area contributed by atoms with Crippen molar-refractivity contribution >= 4 is 16.0 Å². The molecule has 0 saturated carbocycles. The van der Waals surface area contributed by atoms with Crippen molar-refractivity contribution in [2.45, 2.75) is 51.7 Å². The van der Waals surface area contributed by atoms with Crippen molar-refractivity contribution in [2.75, 3.05) is 13.1 Å². The largest absolute Gasteiger partial charge is 0.480 e. The number of hydrogen-bond donors (Lipinski definition) is 1. The summed E-state index contributed by atoms with van der Waals surface area (Å²) in [5.74, 6) is -1.29. The van der Waals surface area contributed by atoms with Crippen molar-refractivity contribution in [1.29, 1.82) is 0 Å². The number of sulfonamides is 1. The standard InChI is InChI=1S/C11H23NO4S/c1-4-6-8-12(9-7-5-2)17(15,16)10(3)11(13)14/h10H,4-9H2,1-3H3,(H,13,14). The van der Waals surface area contributed by atoms with Gasteiger partial charge in [-0.15, -0.1) is 0 Å². The Morgan fingerprint density at radius 1 is 1.18 bits per heavy atom. The highest BCUT2D eigenvalue weighted by Crippen LogP contribution is 2.12. The van der Waals surface area contributed by atoms with Gasteiger partial charge >= 0.3 is 5.97 Å². The smallest absolute Gasteiger partial charge is 0.323 e. The number of carboxylic acids is 1. The Kier molecular flexibility index (Phi) is 7.38. The fraction of sp³-hybridized carbons (Fsp3) is 0.909. The summed E-state index contributed by atoms with van der Waals surface area (Å²) in [6.45, 7) is 6.01. The highest BCUT2D eigenvalue weighted by Gasteiger charge is 2.32. The van der Waals surface area contributed by atoms with Crippen molar-refractivity contribution < 1.29 is 18.3 Å². The highest BCUT2D eigenvalue weighted by atomic mass is 32.2. The monoisotopic (exact) mass is 265 g/mol. The fourth-order valence-electron chi connectivity index (χ4n) is 1.39. The van der Waals surface area contributed by atoms with Crippen LogP contribution in [0.25, 0.3) is 0 Å². The zero-order valence-corrected chi connectivity index (χ0v) is 11.7. The van der Waals surface area contributed by atoms with Crippen LogP contribution in [0.15, 0.2) is 0 Å². The lowest BCUT2D eigenvalue weighted by atomic mass is 10.3. The Labute approximate surface area is 104 Å². The molecule has 5 nitrogen and oxygen atoms in total. The van der Waals surface area contributed by atoms with Crippen molar-refractivity contribution in [2.24, 2.45) is 0 Å². The SMILES string of the molecule is CCCCN(CCCC)S(=O)(=O)C(C)C(=O)O. The summed E-state index contributed by atoms with van der Waals surface area (Å²) < 4.78 is 25.4. The van der Waals surface area contributed by atoms with Gasteiger partial charge in [-0.25, -0.2) is 12.7 Å². The average Bonchev–Trinajstić information content (AvgIpc) is 2.27. The molecule has 0 bridgehead atoms. The molecule has 17 heavy (non-hydrogen) atoms. The number of rotatable bonds is 9. The topological polar surface area (TPSA) is 74.7 Å². The van der Waals surface area contributed by atoms with Gasteiger partial charge in [0.25, 0.3) is 0 Å². The summed E-state index contributed by atoms with van der Waals surface area (Å²) in [4.78, 5) is 10.8. The normalized spacial score (nSPS) is 13.9. The number of aliphatic carboxylic acids is 1. The Balaban J connectivity index is 4.81. The molecular weight excluding hydrogens is 242 g/mol. The molecule has 0 aliphatic heterocycles. The second-order valence-electron chi connectivity index (χ2n) is 4.13. The molecule has 102 valence electrons. The predicted molar refractivity (Wildman–Crippen MR) is 67.4 cm³/mol. The Hall–Kier alpha value is -0.620. The van der Waals surface area contributed by atoms with Gasteiger partial charge in [-0.1, -0.05) is 26.7 Å². The zero-order chi connectivity index (χ0) is 13.5. The van der Waals surface area contributed by atoms with Gasteiger partial charge in [0, 0.05) is 13.1 Å². The van der Waals surface area contributed by atoms with Crippen LogP contribution >= 0.6 is 0 Å². The summed E-state index contributed by atoms with van der Waals surface area (Å²) in [7, 11) is -3.71. The first-order valence-electron chi connectivity index (χ1n) is 6.09. The van der Waals surface area contributed by atoms with E-state index in [-0.39, 0.29) is 0 Å². The van der Waals surface area contributed by atoms with Crippen LogP contribution < -0.4 is 0 Å². The van der Waals surface area contributed by atoms with Crippen LogP contribution in [0.3, 0.4) is 0 Å². The molecule has 1 unspecified atom stereocenters. The van der Waals surface area contributed by atoms with Gasteiger partial charge in [-0.3, -0.25) is 4.79 Å². The quantitative estimate of drug-likeness (QED) is 0.688. The minimum Gasteiger partial charge on any atom is -0.480 e. The molecule has 1 atom stereocenters. The van der Waals surface area contributed by atoms with Crippen LogP contribution in [0.2, 0.25) is 0 Å².